The Hall–Kier alpha value is 0.360. The van der Waals surface area contributed by atoms with Crippen LogP contribution < -0.4 is 0 Å². The summed E-state index contributed by atoms with van der Waals surface area (Å²) >= 11 is 0. The highest BCUT2D eigenvalue weighted by Crippen LogP contribution is 2.61. The van der Waals surface area contributed by atoms with Crippen molar-refractivity contribution in [3.05, 3.63) is 0 Å². The second-order valence-electron chi connectivity index (χ2n) is 1.36. The van der Waals surface area contributed by atoms with Gasteiger partial charge in [0.05, 0.1) is 0 Å². The number of phosphoric acid groups is 2. The van der Waals surface area contributed by atoms with E-state index in [1.54, 1.807) is 0 Å². The maximum Gasteiger partial charge on any atom is 0.491 e. The molecule has 0 aromatic carbocycles. The first-order valence-corrected chi connectivity index (χ1v) is 5.99. The molecule has 0 aliphatic carbocycles. The predicted molar refractivity (Wildman–Crippen MR) is 36.4 cm³/mol. The van der Waals surface area contributed by atoms with Gasteiger partial charge in [-0.1, -0.05) is 0 Å². The van der Waals surface area contributed by atoms with Crippen molar-refractivity contribution in [1.29, 1.82) is 0 Å². The molecule has 2 atom stereocenters. The van der Waals surface area contributed by atoms with Crippen LogP contribution in [-0.2, 0) is 26.8 Å². The van der Waals surface area contributed by atoms with Crippen LogP contribution in [0.5, 0.6) is 0 Å². The van der Waals surface area contributed by atoms with Gasteiger partial charge in [-0.25, -0.2) is 13.7 Å². The van der Waals surface area contributed by atoms with Crippen molar-refractivity contribution in [2.45, 2.75) is 0 Å². The second-order valence-corrected chi connectivity index (χ2v) is 5.05. The van der Waals surface area contributed by atoms with Crippen molar-refractivity contribution in [3.8, 4) is 0 Å². The van der Waals surface area contributed by atoms with E-state index in [9.17, 15) is 13.7 Å². The Balaban J connectivity index is 4.34. The summed E-state index contributed by atoms with van der Waals surface area (Å²) in [6.45, 7) is 0. The molecule has 11 heteroatoms. The Morgan fingerprint density at radius 2 is 1.75 bits per heavy atom. The van der Waals surface area contributed by atoms with Gasteiger partial charge in [-0.2, -0.15) is 8.62 Å². The van der Waals surface area contributed by atoms with Crippen LogP contribution in [0.4, 0.5) is 0 Å². The van der Waals surface area contributed by atoms with Gasteiger partial charge >= 0.3 is 24.3 Å². The minimum absolute atomic E-state index is 0.787. The van der Waals surface area contributed by atoms with Gasteiger partial charge in [0.25, 0.3) is 0 Å². The van der Waals surface area contributed by atoms with Crippen LogP contribution in [0, 0.1) is 0 Å². The molecule has 2 N–H and O–H groups in total. The SMILES string of the molecule is COP(=O)(O)OP(=O)(O)OP=O. The molecule has 72 valence electrons. The molecule has 8 nitrogen and oxygen atoms in total. The molecule has 0 saturated heterocycles. The molecule has 0 heterocycles. The fraction of sp³-hybridized carbons (Fsp3) is 1.00. The molecule has 0 amide bonds. The van der Waals surface area contributed by atoms with Crippen LogP contribution in [-0.4, -0.2) is 16.9 Å². The predicted octanol–water partition coefficient (Wildman–Crippen LogP) is 1.07. The topological polar surface area (TPSA) is 119 Å². The zero-order valence-electron chi connectivity index (χ0n) is 5.69. The Morgan fingerprint density at radius 1 is 1.25 bits per heavy atom. The minimum Gasteiger partial charge on any atom is -0.302 e. The lowest BCUT2D eigenvalue weighted by Crippen LogP contribution is -1.89. The molecule has 2 unspecified atom stereocenters. The molecule has 0 aromatic rings. The maximum atomic E-state index is 10.5. The number of hydrogen-bond donors (Lipinski definition) is 2. The average Bonchev–Trinajstić information content (AvgIpc) is 1.85. The molecule has 0 aromatic heterocycles. The first-order chi connectivity index (χ1) is 5.33. The van der Waals surface area contributed by atoms with E-state index >= 15 is 0 Å². The third-order valence-corrected chi connectivity index (χ3v) is 3.78. The number of phosphoric ester groups is 1. The molecule has 0 saturated carbocycles. The molecular formula is CH5O8P3. The van der Waals surface area contributed by atoms with Crippen LogP contribution >= 0.6 is 24.3 Å². The minimum atomic E-state index is -4.79. The summed E-state index contributed by atoms with van der Waals surface area (Å²) in [6.07, 6.45) is 0. The Morgan fingerprint density at radius 3 is 2.08 bits per heavy atom. The van der Waals surface area contributed by atoms with Gasteiger partial charge in [-0.3, -0.25) is 4.52 Å². The first kappa shape index (κ1) is 12.4. The lowest BCUT2D eigenvalue weighted by molar-refractivity contribution is 0.209. The van der Waals surface area contributed by atoms with Gasteiger partial charge in [0.1, 0.15) is 0 Å². The summed E-state index contributed by atoms with van der Waals surface area (Å²) in [5, 5.41) is 0. The standard InChI is InChI=1S/CH5O8P3/c1-7-11(3,4)9-12(5,6)8-10-2/h1H3,(H,3,4)(H,5,6). The third-order valence-electron chi connectivity index (χ3n) is 0.574. The van der Waals surface area contributed by atoms with Gasteiger partial charge in [0, 0.05) is 7.11 Å². The van der Waals surface area contributed by atoms with Gasteiger partial charge in [-0.15, -0.1) is 0 Å². The zero-order chi connectivity index (χ0) is 9.83. The molecule has 0 spiro atoms. The average molecular weight is 238 g/mol. The van der Waals surface area contributed by atoms with E-state index in [0.29, 0.717) is 0 Å². The zero-order valence-corrected chi connectivity index (χ0v) is 8.37. The Bertz CT molecular complexity index is 245. The van der Waals surface area contributed by atoms with Crippen molar-refractivity contribution in [2.24, 2.45) is 0 Å². The fourth-order valence-electron chi connectivity index (χ4n) is 0.221. The maximum absolute atomic E-state index is 10.5. The monoisotopic (exact) mass is 238 g/mol. The summed E-state index contributed by atoms with van der Waals surface area (Å²) in [5.74, 6) is 0. The Kier molecular flexibility index (Phi) is 4.69. The summed E-state index contributed by atoms with van der Waals surface area (Å²) in [5.41, 5.74) is 0. The highest BCUT2D eigenvalue weighted by atomic mass is 31.3. The van der Waals surface area contributed by atoms with Crippen LogP contribution in [0.25, 0.3) is 0 Å². The van der Waals surface area contributed by atoms with E-state index in [0.717, 1.165) is 7.11 Å². The van der Waals surface area contributed by atoms with E-state index in [4.69, 9.17) is 9.79 Å². The van der Waals surface area contributed by atoms with Crippen LogP contribution in [0.3, 0.4) is 0 Å². The van der Waals surface area contributed by atoms with Crippen molar-refractivity contribution >= 4 is 24.3 Å². The van der Waals surface area contributed by atoms with Crippen molar-refractivity contribution in [1.82, 2.24) is 0 Å². The second kappa shape index (κ2) is 4.56. The van der Waals surface area contributed by atoms with E-state index in [1.165, 1.54) is 0 Å². The van der Waals surface area contributed by atoms with Crippen molar-refractivity contribution in [3.63, 3.8) is 0 Å². The van der Waals surface area contributed by atoms with Crippen LogP contribution in [0.2, 0.25) is 0 Å². The lowest BCUT2D eigenvalue weighted by atomic mass is 11.8. The summed E-state index contributed by atoms with van der Waals surface area (Å²) in [4.78, 5) is 17.0. The molecule has 0 aliphatic rings. The smallest absolute Gasteiger partial charge is 0.302 e. The fourth-order valence-corrected chi connectivity index (χ4v) is 2.26. The lowest BCUT2D eigenvalue weighted by Gasteiger charge is -2.10. The van der Waals surface area contributed by atoms with Gasteiger partial charge in [0.15, 0.2) is 0 Å². The summed E-state index contributed by atoms with van der Waals surface area (Å²) in [6, 6.07) is 0. The highest BCUT2D eigenvalue weighted by Gasteiger charge is 2.34. The van der Waals surface area contributed by atoms with E-state index in [-0.39, 0.29) is 0 Å². The largest absolute Gasteiger partial charge is 0.491 e. The molecule has 0 aliphatic heterocycles. The van der Waals surface area contributed by atoms with Crippen LogP contribution in [0.15, 0.2) is 0 Å². The Labute approximate surface area is 69.0 Å². The normalized spacial score (nSPS) is 21.6. The third kappa shape index (κ3) is 5.09. The molecular weight excluding hydrogens is 233 g/mol. The molecule has 12 heavy (non-hydrogen) atoms. The molecule has 0 fully saturated rings. The van der Waals surface area contributed by atoms with Gasteiger partial charge in [-0.05, 0) is 0 Å². The molecule has 0 radical (unpaired) electrons. The van der Waals surface area contributed by atoms with Crippen molar-refractivity contribution < 1.29 is 36.6 Å². The summed E-state index contributed by atoms with van der Waals surface area (Å²) < 4.78 is 41.5. The van der Waals surface area contributed by atoms with Crippen molar-refractivity contribution in [2.75, 3.05) is 7.11 Å². The molecule has 0 rings (SSSR count). The summed E-state index contributed by atoms with van der Waals surface area (Å²) in [7, 11) is -9.76. The van der Waals surface area contributed by atoms with Gasteiger partial charge < -0.3 is 9.79 Å². The first-order valence-electron chi connectivity index (χ1n) is 2.27. The van der Waals surface area contributed by atoms with Crippen LogP contribution in [0.1, 0.15) is 0 Å². The van der Waals surface area contributed by atoms with Gasteiger partial charge in [0.2, 0.25) is 0 Å². The quantitative estimate of drug-likeness (QED) is 0.682. The van der Waals surface area contributed by atoms with E-state index < -0.39 is 24.3 Å². The van der Waals surface area contributed by atoms with E-state index in [2.05, 4.69) is 13.1 Å². The highest BCUT2D eigenvalue weighted by molar-refractivity contribution is 7.63. The van der Waals surface area contributed by atoms with E-state index in [1.807, 2.05) is 0 Å². The number of hydrogen-bond acceptors (Lipinski definition) is 6. The number of rotatable bonds is 5. The molecule has 0 bridgehead atoms.